The van der Waals surface area contributed by atoms with Crippen LogP contribution in [0.3, 0.4) is 0 Å². The number of carboxylic acid groups (broad SMARTS) is 1. The van der Waals surface area contributed by atoms with Crippen molar-refractivity contribution in [1.29, 1.82) is 0 Å². The van der Waals surface area contributed by atoms with Gasteiger partial charge in [0.05, 0.1) is 16.9 Å². The lowest BCUT2D eigenvalue weighted by Crippen LogP contribution is -2.41. The van der Waals surface area contributed by atoms with Crippen LogP contribution in [0.2, 0.25) is 0 Å². The topological polar surface area (TPSA) is 89.5 Å². The van der Waals surface area contributed by atoms with Crippen molar-refractivity contribution in [2.75, 3.05) is 7.05 Å². The standard InChI is InChI=1S/C20H16N2O4S2/c1-22-18(24)15(28-20(22)27)11-12-7-9-14(10-8-12)17(23)21-16(19(25)26)13-5-3-2-4-6-13/h2-11,16H,1H3,(H,21,23)(H,25,26)/p-1/b15-11+/t16-/m1/s1. The number of hydrogen-bond acceptors (Lipinski definition) is 6. The Morgan fingerprint density at radius 3 is 2.32 bits per heavy atom. The second-order valence-electron chi connectivity index (χ2n) is 6.00. The van der Waals surface area contributed by atoms with E-state index in [-0.39, 0.29) is 5.91 Å². The predicted octanol–water partition coefficient (Wildman–Crippen LogP) is 1.74. The van der Waals surface area contributed by atoms with Crippen molar-refractivity contribution in [1.82, 2.24) is 10.2 Å². The molecule has 1 heterocycles. The zero-order chi connectivity index (χ0) is 20.3. The summed E-state index contributed by atoms with van der Waals surface area (Å²) in [7, 11) is 1.62. The molecule has 1 N–H and O–H groups in total. The average Bonchev–Trinajstić information content (AvgIpc) is 2.93. The Hall–Kier alpha value is -2.97. The third-order valence-corrected chi connectivity index (χ3v) is 5.59. The maximum absolute atomic E-state index is 12.4. The van der Waals surface area contributed by atoms with Gasteiger partial charge in [-0.1, -0.05) is 66.4 Å². The van der Waals surface area contributed by atoms with Crippen molar-refractivity contribution in [3.8, 4) is 0 Å². The molecule has 1 saturated heterocycles. The van der Waals surface area contributed by atoms with E-state index in [9.17, 15) is 19.5 Å². The van der Waals surface area contributed by atoms with Crippen LogP contribution in [0.5, 0.6) is 0 Å². The van der Waals surface area contributed by atoms with Gasteiger partial charge in [0.15, 0.2) is 0 Å². The molecule has 2 amide bonds. The largest absolute Gasteiger partial charge is 0.548 e. The van der Waals surface area contributed by atoms with Crippen molar-refractivity contribution < 1.29 is 19.5 Å². The highest BCUT2D eigenvalue weighted by Gasteiger charge is 2.28. The van der Waals surface area contributed by atoms with Crippen molar-refractivity contribution in [3.05, 3.63) is 76.2 Å². The summed E-state index contributed by atoms with van der Waals surface area (Å²) in [6.07, 6.45) is 1.69. The van der Waals surface area contributed by atoms with Gasteiger partial charge in [0.2, 0.25) is 0 Å². The molecule has 0 radical (unpaired) electrons. The lowest BCUT2D eigenvalue weighted by atomic mass is 10.1. The minimum atomic E-state index is -1.39. The molecule has 6 nitrogen and oxygen atoms in total. The molecule has 0 spiro atoms. The van der Waals surface area contributed by atoms with E-state index >= 15 is 0 Å². The molecule has 142 valence electrons. The normalized spacial score (nSPS) is 16.3. The number of carbonyl (C=O) groups is 3. The van der Waals surface area contributed by atoms with E-state index in [1.807, 2.05) is 0 Å². The van der Waals surface area contributed by atoms with E-state index in [1.165, 1.54) is 16.7 Å². The van der Waals surface area contributed by atoms with Crippen molar-refractivity contribution in [2.24, 2.45) is 0 Å². The van der Waals surface area contributed by atoms with E-state index in [2.05, 4.69) is 5.32 Å². The summed E-state index contributed by atoms with van der Waals surface area (Å²) in [5.41, 5.74) is 1.45. The molecule has 0 unspecified atom stereocenters. The Balaban J connectivity index is 1.74. The number of nitrogens with zero attached hydrogens (tertiary/aromatic N) is 1. The molecule has 1 aliphatic heterocycles. The number of likely N-dealkylation sites (N-methyl/N-ethyl adjacent to an activating group) is 1. The first-order valence-corrected chi connectivity index (χ1v) is 9.47. The van der Waals surface area contributed by atoms with Crippen LogP contribution in [-0.2, 0) is 9.59 Å². The number of thiocarbonyl (C=S) groups is 1. The number of thioether (sulfide) groups is 1. The molecule has 0 aromatic heterocycles. The number of nitrogens with one attached hydrogen (secondary N) is 1. The Morgan fingerprint density at radius 2 is 1.79 bits per heavy atom. The van der Waals surface area contributed by atoms with Gasteiger partial charge < -0.3 is 15.2 Å². The molecule has 2 aromatic rings. The second kappa shape index (κ2) is 8.37. The van der Waals surface area contributed by atoms with Gasteiger partial charge in [-0.15, -0.1) is 0 Å². The molecule has 1 atom stereocenters. The van der Waals surface area contributed by atoms with Crippen LogP contribution in [0.4, 0.5) is 0 Å². The fourth-order valence-electron chi connectivity index (χ4n) is 2.57. The van der Waals surface area contributed by atoms with Gasteiger partial charge in [-0.2, -0.15) is 0 Å². The van der Waals surface area contributed by atoms with Gasteiger partial charge in [0.25, 0.3) is 11.8 Å². The summed E-state index contributed by atoms with van der Waals surface area (Å²) in [6, 6.07) is 13.6. The number of rotatable bonds is 5. The summed E-state index contributed by atoms with van der Waals surface area (Å²) in [5, 5.41) is 13.9. The Labute approximate surface area is 171 Å². The fourth-order valence-corrected chi connectivity index (χ4v) is 3.75. The van der Waals surface area contributed by atoms with E-state index in [4.69, 9.17) is 12.2 Å². The molecule has 3 rings (SSSR count). The van der Waals surface area contributed by atoms with Crippen molar-refractivity contribution in [3.63, 3.8) is 0 Å². The van der Waals surface area contributed by atoms with Gasteiger partial charge in [0, 0.05) is 12.6 Å². The minimum absolute atomic E-state index is 0.170. The molecule has 0 aliphatic carbocycles. The smallest absolute Gasteiger partial charge is 0.265 e. The first kappa shape index (κ1) is 19.8. The van der Waals surface area contributed by atoms with Gasteiger partial charge in [-0.3, -0.25) is 14.5 Å². The molecule has 0 saturated carbocycles. The number of hydrogen-bond donors (Lipinski definition) is 1. The summed E-state index contributed by atoms with van der Waals surface area (Å²) in [6.45, 7) is 0. The van der Waals surface area contributed by atoms with Crippen molar-refractivity contribution >= 4 is 52.2 Å². The van der Waals surface area contributed by atoms with Gasteiger partial charge in [-0.05, 0) is 29.3 Å². The number of carbonyl (C=O) groups excluding carboxylic acids is 3. The number of carboxylic acids is 1. The first-order chi connectivity index (χ1) is 13.4. The number of aliphatic carboxylic acids is 1. The highest BCUT2D eigenvalue weighted by atomic mass is 32.2. The average molecular weight is 411 g/mol. The maximum atomic E-state index is 12.4. The molecular weight excluding hydrogens is 396 g/mol. The van der Waals surface area contributed by atoms with Crippen LogP contribution in [0, 0.1) is 0 Å². The number of benzene rings is 2. The predicted molar refractivity (Wildman–Crippen MR) is 109 cm³/mol. The minimum Gasteiger partial charge on any atom is -0.548 e. The summed E-state index contributed by atoms with van der Waals surface area (Å²) in [5.74, 6) is -2.10. The van der Waals surface area contributed by atoms with Crippen LogP contribution in [0.15, 0.2) is 59.5 Å². The second-order valence-corrected chi connectivity index (χ2v) is 7.67. The molecule has 0 bridgehead atoms. The quantitative estimate of drug-likeness (QED) is 0.596. The molecule has 1 fully saturated rings. The van der Waals surface area contributed by atoms with Crippen LogP contribution in [-0.4, -0.2) is 34.1 Å². The zero-order valence-corrected chi connectivity index (χ0v) is 16.4. The van der Waals surface area contributed by atoms with Gasteiger partial charge in [-0.25, -0.2) is 0 Å². The highest BCUT2D eigenvalue weighted by molar-refractivity contribution is 8.26. The van der Waals surface area contributed by atoms with E-state index < -0.39 is 17.9 Å². The molecule has 8 heteroatoms. The number of amides is 2. The highest BCUT2D eigenvalue weighted by Crippen LogP contribution is 2.31. The Bertz CT molecular complexity index is 971. The molecule has 1 aliphatic rings. The van der Waals surface area contributed by atoms with E-state index in [0.29, 0.717) is 20.4 Å². The van der Waals surface area contributed by atoms with Crippen LogP contribution in [0.1, 0.15) is 27.5 Å². The molecule has 28 heavy (non-hydrogen) atoms. The summed E-state index contributed by atoms with van der Waals surface area (Å²) >= 11 is 6.30. The molecule has 2 aromatic carbocycles. The van der Waals surface area contributed by atoms with E-state index in [1.54, 1.807) is 67.7 Å². The zero-order valence-electron chi connectivity index (χ0n) is 14.7. The third kappa shape index (κ3) is 4.29. The Morgan fingerprint density at radius 1 is 1.14 bits per heavy atom. The monoisotopic (exact) mass is 411 g/mol. The van der Waals surface area contributed by atoms with Gasteiger partial charge in [0.1, 0.15) is 4.32 Å². The first-order valence-electron chi connectivity index (χ1n) is 8.25. The summed E-state index contributed by atoms with van der Waals surface area (Å²) < 4.78 is 0.487. The third-order valence-electron chi connectivity index (χ3n) is 4.10. The summed E-state index contributed by atoms with van der Waals surface area (Å²) in [4.78, 5) is 37.8. The molecular formula is C20H15N2O4S2-. The van der Waals surface area contributed by atoms with Crippen LogP contribution >= 0.6 is 24.0 Å². The lowest BCUT2D eigenvalue weighted by molar-refractivity contribution is -0.308. The lowest BCUT2D eigenvalue weighted by Gasteiger charge is -2.20. The maximum Gasteiger partial charge on any atom is 0.265 e. The van der Waals surface area contributed by atoms with Crippen LogP contribution < -0.4 is 10.4 Å². The van der Waals surface area contributed by atoms with Crippen molar-refractivity contribution in [2.45, 2.75) is 6.04 Å². The SMILES string of the molecule is CN1C(=O)/C(=C\c2ccc(C(=O)N[C@@H](C(=O)[O-])c3ccccc3)cc2)SC1=S. The van der Waals surface area contributed by atoms with Gasteiger partial charge >= 0.3 is 0 Å². The fraction of sp³-hybridized carbons (Fsp3) is 0.100. The van der Waals surface area contributed by atoms with E-state index in [0.717, 1.165) is 5.56 Å². The Kier molecular flexibility index (Phi) is 5.91. The van der Waals surface area contributed by atoms with Crippen LogP contribution in [0.25, 0.3) is 6.08 Å².